The molecule has 1 N–H and O–H groups in total. The van der Waals surface area contributed by atoms with Crippen molar-refractivity contribution in [3.05, 3.63) is 59.2 Å². The highest BCUT2D eigenvalue weighted by atomic mass is 19.1. The Kier molecular flexibility index (Phi) is 4.10. The van der Waals surface area contributed by atoms with Crippen LogP contribution in [-0.4, -0.2) is 18.8 Å². The quantitative estimate of drug-likeness (QED) is 0.933. The van der Waals surface area contributed by atoms with Crippen LogP contribution in [0.2, 0.25) is 0 Å². The number of nitrogens with zero attached hydrogens (tertiary/aromatic N) is 1. The molecule has 5 heteroatoms. The molecule has 0 unspecified atom stereocenters. The van der Waals surface area contributed by atoms with Crippen LogP contribution < -0.4 is 5.32 Å². The van der Waals surface area contributed by atoms with Gasteiger partial charge in [0.05, 0.1) is 6.07 Å². The third-order valence-electron chi connectivity index (χ3n) is 4.35. The van der Waals surface area contributed by atoms with Gasteiger partial charge in [-0.25, -0.2) is 13.2 Å². The standard InChI is InChI=1S/C18H15F3N2/c1-10-6-15(21)13(7-14(10)20)11-2-4-12(5-3-11)18-16(8-19)23-17(18)9-22/h2-7,16-18,23H,8H2,1H3/t16-,17-,18+/m0/s1. The second-order valence-corrected chi connectivity index (χ2v) is 5.76. The number of benzene rings is 2. The minimum atomic E-state index is -0.553. The Morgan fingerprint density at radius 1 is 1.13 bits per heavy atom. The van der Waals surface area contributed by atoms with Gasteiger partial charge >= 0.3 is 0 Å². The number of alkyl halides is 1. The van der Waals surface area contributed by atoms with Crippen LogP contribution in [0.4, 0.5) is 13.2 Å². The molecule has 3 rings (SSSR count). The monoisotopic (exact) mass is 316 g/mol. The maximum atomic E-state index is 14.0. The average Bonchev–Trinajstić information content (AvgIpc) is 2.52. The first-order valence-corrected chi connectivity index (χ1v) is 7.32. The van der Waals surface area contributed by atoms with E-state index in [1.807, 2.05) is 0 Å². The SMILES string of the molecule is Cc1cc(F)c(-c2ccc([C@H]3[C@H](C#N)N[C@H]3CF)cc2)cc1F. The predicted molar refractivity (Wildman–Crippen MR) is 81.6 cm³/mol. The molecular weight excluding hydrogens is 301 g/mol. The Morgan fingerprint density at radius 3 is 2.43 bits per heavy atom. The van der Waals surface area contributed by atoms with E-state index in [0.29, 0.717) is 5.56 Å². The summed E-state index contributed by atoms with van der Waals surface area (Å²) in [6.07, 6.45) is 0. The van der Waals surface area contributed by atoms with E-state index >= 15 is 0 Å². The summed E-state index contributed by atoms with van der Waals surface area (Å²) in [5.41, 5.74) is 1.80. The number of aryl methyl sites for hydroxylation is 1. The maximum Gasteiger partial charge on any atom is 0.131 e. The zero-order chi connectivity index (χ0) is 16.6. The van der Waals surface area contributed by atoms with E-state index in [4.69, 9.17) is 5.26 Å². The molecule has 0 radical (unpaired) electrons. The summed E-state index contributed by atoms with van der Waals surface area (Å²) in [6, 6.07) is 10.5. The van der Waals surface area contributed by atoms with Crippen LogP contribution >= 0.6 is 0 Å². The number of rotatable bonds is 3. The molecule has 0 aromatic heterocycles. The van der Waals surface area contributed by atoms with Crippen LogP contribution in [0.15, 0.2) is 36.4 Å². The topological polar surface area (TPSA) is 35.8 Å². The van der Waals surface area contributed by atoms with Crippen molar-refractivity contribution in [2.24, 2.45) is 0 Å². The fraction of sp³-hybridized carbons (Fsp3) is 0.278. The fourth-order valence-corrected chi connectivity index (χ4v) is 2.99. The second-order valence-electron chi connectivity index (χ2n) is 5.76. The minimum Gasteiger partial charge on any atom is -0.295 e. The van der Waals surface area contributed by atoms with Gasteiger partial charge in [-0.05, 0) is 35.7 Å². The van der Waals surface area contributed by atoms with Crippen LogP contribution in [0.1, 0.15) is 17.0 Å². The van der Waals surface area contributed by atoms with E-state index in [1.54, 1.807) is 24.3 Å². The van der Waals surface area contributed by atoms with Gasteiger partial charge in [0.2, 0.25) is 0 Å². The first-order valence-electron chi connectivity index (χ1n) is 7.32. The molecular formula is C18H15F3N2. The molecule has 3 atom stereocenters. The fourth-order valence-electron chi connectivity index (χ4n) is 2.99. The zero-order valence-corrected chi connectivity index (χ0v) is 12.5. The smallest absolute Gasteiger partial charge is 0.131 e. The molecule has 0 bridgehead atoms. The van der Waals surface area contributed by atoms with Crippen LogP contribution in [-0.2, 0) is 0 Å². The van der Waals surface area contributed by atoms with Crippen molar-refractivity contribution in [1.29, 1.82) is 5.26 Å². The number of nitrogens with one attached hydrogen (secondary N) is 1. The van der Waals surface area contributed by atoms with Crippen LogP contribution in [0.5, 0.6) is 0 Å². The van der Waals surface area contributed by atoms with Gasteiger partial charge in [0.1, 0.15) is 24.4 Å². The Balaban J connectivity index is 1.91. The van der Waals surface area contributed by atoms with Crippen molar-refractivity contribution in [1.82, 2.24) is 5.32 Å². The van der Waals surface area contributed by atoms with Gasteiger partial charge in [0.15, 0.2) is 0 Å². The molecule has 23 heavy (non-hydrogen) atoms. The minimum absolute atomic E-state index is 0.185. The summed E-state index contributed by atoms with van der Waals surface area (Å²) in [5.74, 6) is -1.17. The predicted octanol–water partition coefficient (Wildman–Crippen LogP) is 3.86. The molecule has 1 aliphatic rings. The number of nitriles is 1. The molecule has 1 saturated heterocycles. The third-order valence-corrected chi connectivity index (χ3v) is 4.35. The lowest BCUT2D eigenvalue weighted by atomic mass is 9.78. The first kappa shape index (κ1) is 15.6. The lowest BCUT2D eigenvalue weighted by molar-refractivity contribution is 0.210. The van der Waals surface area contributed by atoms with Gasteiger partial charge in [0, 0.05) is 17.5 Å². The maximum absolute atomic E-state index is 14.0. The van der Waals surface area contributed by atoms with Crippen molar-refractivity contribution < 1.29 is 13.2 Å². The Bertz CT molecular complexity index is 765. The highest BCUT2D eigenvalue weighted by Gasteiger charge is 2.41. The summed E-state index contributed by atoms with van der Waals surface area (Å²) < 4.78 is 40.6. The van der Waals surface area contributed by atoms with E-state index in [2.05, 4.69) is 11.4 Å². The Hall–Kier alpha value is -2.32. The zero-order valence-electron chi connectivity index (χ0n) is 12.5. The van der Waals surface area contributed by atoms with Crippen molar-refractivity contribution >= 4 is 0 Å². The van der Waals surface area contributed by atoms with Crippen molar-refractivity contribution in [3.8, 4) is 17.2 Å². The summed E-state index contributed by atoms with van der Waals surface area (Å²) in [4.78, 5) is 0. The van der Waals surface area contributed by atoms with E-state index in [-0.39, 0.29) is 23.1 Å². The largest absolute Gasteiger partial charge is 0.295 e. The summed E-state index contributed by atoms with van der Waals surface area (Å²) in [5, 5.41) is 11.9. The molecule has 2 nitrogen and oxygen atoms in total. The molecule has 1 heterocycles. The highest BCUT2D eigenvalue weighted by Crippen LogP contribution is 2.34. The van der Waals surface area contributed by atoms with Gasteiger partial charge in [-0.1, -0.05) is 24.3 Å². The van der Waals surface area contributed by atoms with Crippen LogP contribution in [0.3, 0.4) is 0 Å². The molecule has 1 aliphatic heterocycles. The van der Waals surface area contributed by atoms with Crippen LogP contribution in [0.25, 0.3) is 11.1 Å². The molecule has 1 fully saturated rings. The second kappa shape index (κ2) is 6.05. The van der Waals surface area contributed by atoms with Crippen molar-refractivity contribution in [2.45, 2.75) is 24.9 Å². The van der Waals surface area contributed by atoms with Crippen molar-refractivity contribution in [3.63, 3.8) is 0 Å². The Morgan fingerprint density at radius 2 is 1.83 bits per heavy atom. The average molecular weight is 316 g/mol. The van der Waals surface area contributed by atoms with Gasteiger partial charge in [0.25, 0.3) is 0 Å². The lowest BCUT2D eigenvalue weighted by Crippen LogP contribution is -2.59. The molecule has 0 amide bonds. The number of hydrogen-bond donors (Lipinski definition) is 1. The number of hydrogen-bond acceptors (Lipinski definition) is 2. The highest BCUT2D eigenvalue weighted by molar-refractivity contribution is 5.65. The molecule has 2 aromatic rings. The number of halogens is 3. The van der Waals surface area contributed by atoms with Crippen molar-refractivity contribution in [2.75, 3.05) is 6.67 Å². The summed E-state index contributed by atoms with van der Waals surface area (Å²) in [6.45, 7) is 0.955. The van der Waals surface area contributed by atoms with E-state index in [9.17, 15) is 13.2 Å². The summed E-state index contributed by atoms with van der Waals surface area (Å²) in [7, 11) is 0. The first-order chi connectivity index (χ1) is 11.0. The Labute approximate surface area is 132 Å². The normalized spacial score (nSPS) is 23.2. The van der Waals surface area contributed by atoms with Crippen LogP contribution in [0, 0.1) is 29.9 Å². The van der Waals surface area contributed by atoms with Gasteiger partial charge in [-0.2, -0.15) is 5.26 Å². The van der Waals surface area contributed by atoms with E-state index in [1.165, 1.54) is 19.1 Å². The van der Waals surface area contributed by atoms with Gasteiger partial charge in [-0.3, -0.25) is 5.32 Å². The van der Waals surface area contributed by atoms with Gasteiger partial charge in [-0.15, -0.1) is 0 Å². The van der Waals surface area contributed by atoms with Gasteiger partial charge < -0.3 is 0 Å². The molecule has 0 aliphatic carbocycles. The molecule has 2 aromatic carbocycles. The van der Waals surface area contributed by atoms with E-state index in [0.717, 1.165) is 5.56 Å². The lowest BCUT2D eigenvalue weighted by Gasteiger charge is -2.41. The molecule has 0 spiro atoms. The summed E-state index contributed by atoms with van der Waals surface area (Å²) >= 11 is 0. The molecule has 118 valence electrons. The van der Waals surface area contributed by atoms with E-state index < -0.39 is 24.4 Å². The molecule has 0 saturated carbocycles. The third kappa shape index (κ3) is 2.71.